The molecule has 0 radical (unpaired) electrons. The number of hydrogen-bond donors (Lipinski definition) is 2. The Bertz CT molecular complexity index is 780. The van der Waals surface area contributed by atoms with E-state index in [0.717, 1.165) is 5.57 Å². The minimum atomic E-state index is -3.99. The number of alkyl halides is 1. The van der Waals surface area contributed by atoms with Gasteiger partial charge in [-0.3, -0.25) is 4.55 Å². The summed E-state index contributed by atoms with van der Waals surface area (Å²) in [4.78, 5) is 11.7. The lowest BCUT2D eigenvalue weighted by molar-refractivity contribution is 0.470. The van der Waals surface area contributed by atoms with E-state index < -0.39 is 21.0 Å². The smallest absolute Gasteiger partial charge is 0.264 e. The molecule has 0 amide bonds. The number of unbranched alkanes of at least 4 members (excludes halogenated alkanes) is 1. The third-order valence-electron chi connectivity index (χ3n) is 3.71. The van der Waals surface area contributed by atoms with Crippen LogP contribution in [0.1, 0.15) is 26.2 Å². The van der Waals surface area contributed by atoms with E-state index in [4.69, 9.17) is 39.4 Å². The van der Waals surface area contributed by atoms with Crippen LogP contribution in [-0.2, 0) is 10.1 Å². The molecule has 1 aromatic rings. The molecule has 0 saturated heterocycles. The zero-order chi connectivity index (χ0) is 18.7. The molecule has 7 nitrogen and oxygen atoms in total. The first kappa shape index (κ1) is 20.4. The molecule has 1 heterocycles. The maximum absolute atomic E-state index is 10.9. The third kappa shape index (κ3) is 6.07. The van der Waals surface area contributed by atoms with Crippen molar-refractivity contribution in [3.8, 4) is 0 Å². The first-order valence-electron chi connectivity index (χ1n) is 7.42. The van der Waals surface area contributed by atoms with E-state index in [-0.39, 0.29) is 22.3 Å². The van der Waals surface area contributed by atoms with Crippen molar-refractivity contribution in [2.75, 3.05) is 11.1 Å². The molecule has 2 atom stereocenters. The van der Waals surface area contributed by atoms with Crippen LogP contribution in [0.5, 0.6) is 0 Å². The number of rotatable bonds is 7. The molecular weight excluding hydrogens is 411 g/mol. The Labute approximate surface area is 161 Å². The SMILES string of the molecule is CC1=CC(Cl)C(CCCCS(=O)(=O)O)(Nc2nc(Cl)nc(Cl)n2)C=C1. The minimum Gasteiger partial charge on any atom is -0.343 e. The lowest BCUT2D eigenvalue weighted by Crippen LogP contribution is -2.46. The first-order chi connectivity index (χ1) is 11.6. The van der Waals surface area contributed by atoms with Gasteiger partial charge in [-0.1, -0.05) is 23.8 Å². The zero-order valence-corrected chi connectivity index (χ0v) is 16.4. The molecule has 1 aromatic heterocycles. The van der Waals surface area contributed by atoms with E-state index in [1.54, 1.807) is 0 Å². The fourth-order valence-electron chi connectivity index (χ4n) is 2.49. The number of anilines is 1. The monoisotopic (exact) mass is 426 g/mol. The summed E-state index contributed by atoms with van der Waals surface area (Å²) in [5.41, 5.74) is 0.246. The topological polar surface area (TPSA) is 105 Å². The number of aromatic nitrogens is 3. The van der Waals surface area contributed by atoms with Gasteiger partial charge in [-0.2, -0.15) is 23.4 Å². The number of halogens is 3. The van der Waals surface area contributed by atoms with Crippen molar-refractivity contribution in [3.63, 3.8) is 0 Å². The number of hydrogen-bond acceptors (Lipinski definition) is 6. The average molecular weight is 428 g/mol. The molecule has 0 saturated carbocycles. The van der Waals surface area contributed by atoms with Crippen molar-refractivity contribution in [2.45, 2.75) is 37.1 Å². The molecule has 0 fully saturated rings. The van der Waals surface area contributed by atoms with Crippen molar-refractivity contribution in [2.24, 2.45) is 0 Å². The molecule has 0 aliphatic heterocycles. The van der Waals surface area contributed by atoms with Crippen molar-refractivity contribution in [1.82, 2.24) is 15.0 Å². The van der Waals surface area contributed by atoms with Gasteiger partial charge in [0.25, 0.3) is 10.1 Å². The molecule has 1 aliphatic rings. The normalized spacial score (nSPS) is 23.4. The Hall–Kier alpha value is -0.930. The van der Waals surface area contributed by atoms with Crippen LogP contribution in [0.4, 0.5) is 5.95 Å². The van der Waals surface area contributed by atoms with Crippen LogP contribution in [0.3, 0.4) is 0 Å². The Morgan fingerprint density at radius 2 is 1.88 bits per heavy atom. The van der Waals surface area contributed by atoms with Crippen LogP contribution < -0.4 is 5.32 Å². The largest absolute Gasteiger partial charge is 0.343 e. The fourth-order valence-corrected chi connectivity index (χ4v) is 3.86. The molecular formula is C14H17Cl3N4O3S. The number of nitrogens with zero attached hydrogens (tertiary/aromatic N) is 3. The molecule has 1 aliphatic carbocycles. The van der Waals surface area contributed by atoms with Gasteiger partial charge in [-0.15, -0.1) is 11.6 Å². The van der Waals surface area contributed by atoms with Gasteiger partial charge < -0.3 is 5.32 Å². The van der Waals surface area contributed by atoms with Gasteiger partial charge in [0, 0.05) is 0 Å². The number of nitrogens with one attached hydrogen (secondary N) is 1. The molecule has 2 N–H and O–H groups in total. The van der Waals surface area contributed by atoms with Crippen LogP contribution in [0, 0.1) is 0 Å². The molecule has 138 valence electrons. The molecule has 0 spiro atoms. The summed E-state index contributed by atoms with van der Waals surface area (Å²) in [6, 6.07) is 0. The Morgan fingerprint density at radius 1 is 1.24 bits per heavy atom. The quantitative estimate of drug-likeness (QED) is 0.389. The second kappa shape index (κ2) is 8.18. The van der Waals surface area contributed by atoms with E-state index in [1.807, 2.05) is 25.2 Å². The highest BCUT2D eigenvalue weighted by molar-refractivity contribution is 7.85. The highest BCUT2D eigenvalue weighted by Gasteiger charge is 2.36. The summed E-state index contributed by atoms with van der Waals surface area (Å²) >= 11 is 18.1. The lowest BCUT2D eigenvalue weighted by atomic mass is 9.84. The van der Waals surface area contributed by atoms with Crippen LogP contribution in [0.2, 0.25) is 10.6 Å². The molecule has 25 heavy (non-hydrogen) atoms. The predicted octanol–water partition coefficient (Wildman–Crippen LogP) is 3.51. The van der Waals surface area contributed by atoms with Crippen molar-refractivity contribution < 1.29 is 13.0 Å². The predicted molar refractivity (Wildman–Crippen MR) is 99.0 cm³/mol. The van der Waals surface area contributed by atoms with Crippen molar-refractivity contribution in [1.29, 1.82) is 0 Å². The number of allylic oxidation sites excluding steroid dienone is 2. The standard InChI is InChI=1S/C14H17Cl3N4O3S/c1-9-4-6-14(10(15)8-9,5-2-3-7-25(22,23)24)21-13-19-11(16)18-12(17)20-13/h4,6,8,10H,2-3,5,7H2,1H3,(H,22,23,24)(H,18,19,20,21). The Kier molecular flexibility index (Phi) is 6.67. The minimum absolute atomic E-state index is 0.0540. The van der Waals surface area contributed by atoms with Gasteiger partial charge in [0.2, 0.25) is 16.5 Å². The lowest BCUT2D eigenvalue weighted by Gasteiger charge is -2.37. The summed E-state index contributed by atoms with van der Waals surface area (Å²) in [6.07, 6.45) is 6.94. The summed E-state index contributed by atoms with van der Waals surface area (Å²) < 4.78 is 30.6. The van der Waals surface area contributed by atoms with Crippen LogP contribution in [0.15, 0.2) is 23.8 Å². The third-order valence-corrected chi connectivity index (χ3v) is 5.37. The molecule has 11 heteroatoms. The highest BCUT2D eigenvalue weighted by atomic mass is 35.5. The fraction of sp³-hybridized carbons (Fsp3) is 0.500. The van der Waals surface area contributed by atoms with Gasteiger partial charge in [-0.05, 0) is 49.4 Å². The highest BCUT2D eigenvalue weighted by Crippen LogP contribution is 2.33. The molecule has 0 aromatic carbocycles. The van der Waals surface area contributed by atoms with Gasteiger partial charge in [-0.25, -0.2) is 0 Å². The Balaban J connectivity index is 2.19. The van der Waals surface area contributed by atoms with E-state index in [1.165, 1.54) is 0 Å². The molecule has 2 rings (SSSR count). The maximum Gasteiger partial charge on any atom is 0.264 e. The van der Waals surface area contributed by atoms with E-state index in [2.05, 4.69) is 20.3 Å². The average Bonchev–Trinajstić information content (AvgIpc) is 2.45. The van der Waals surface area contributed by atoms with E-state index >= 15 is 0 Å². The van der Waals surface area contributed by atoms with Gasteiger partial charge in [0.1, 0.15) is 0 Å². The first-order valence-corrected chi connectivity index (χ1v) is 10.2. The van der Waals surface area contributed by atoms with E-state index in [0.29, 0.717) is 19.3 Å². The molecule has 2 unspecified atom stereocenters. The second-order valence-electron chi connectivity index (χ2n) is 5.75. The van der Waals surface area contributed by atoms with Crippen molar-refractivity contribution in [3.05, 3.63) is 34.4 Å². The van der Waals surface area contributed by atoms with Crippen LogP contribution in [0.25, 0.3) is 0 Å². The summed E-state index contributed by atoms with van der Waals surface area (Å²) in [5.74, 6) is -0.138. The molecule has 0 bridgehead atoms. The van der Waals surface area contributed by atoms with E-state index in [9.17, 15) is 8.42 Å². The Morgan fingerprint density at radius 3 is 2.44 bits per heavy atom. The maximum atomic E-state index is 10.9. The van der Waals surface area contributed by atoms with Gasteiger partial charge in [0.05, 0.1) is 16.7 Å². The van der Waals surface area contributed by atoms with Gasteiger partial charge >= 0.3 is 0 Å². The summed E-state index contributed by atoms with van der Waals surface area (Å²) in [6.45, 7) is 1.92. The summed E-state index contributed by atoms with van der Waals surface area (Å²) in [7, 11) is -3.99. The van der Waals surface area contributed by atoms with Crippen LogP contribution in [-0.4, -0.2) is 44.6 Å². The van der Waals surface area contributed by atoms with Gasteiger partial charge in [0.15, 0.2) is 0 Å². The summed E-state index contributed by atoms with van der Waals surface area (Å²) in [5, 5.41) is 2.60. The second-order valence-corrected chi connectivity index (χ2v) is 8.47. The zero-order valence-electron chi connectivity index (χ0n) is 13.3. The van der Waals surface area contributed by atoms with Crippen molar-refractivity contribution >= 4 is 50.9 Å². The van der Waals surface area contributed by atoms with Crippen LogP contribution >= 0.6 is 34.8 Å².